The van der Waals surface area contributed by atoms with Crippen molar-refractivity contribution in [1.29, 1.82) is 0 Å². The molecule has 0 radical (unpaired) electrons. The summed E-state index contributed by atoms with van der Waals surface area (Å²) in [6.07, 6.45) is 0.785. The van der Waals surface area contributed by atoms with E-state index in [1.54, 1.807) is 4.90 Å². The van der Waals surface area contributed by atoms with Gasteiger partial charge in [-0.25, -0.2) is 0 Å². The molecule has 0 spiro atoms. The van der Waals surface area contributed by atoms with Crippen molar-refractivity contribution in [2.75, 3.05) is 19.7 Å². The number of amides is 1. The van der Waals surface area contributed by atoms with Crippen LogP contribution < -0.4 is 0 Å². The number of rotatable bonds is 3. The van der Waals surface area contributed by atoms with Crippen LogP contribution in [0.3, 0.4) is 0 Å². The molecule has 1 unspecified atom stereocenters. The van der Waals surface area contributed by atoms with Gasteiger partial charge in [0.25, 0.3) is 11.6 Å². The first-order chi connectivity index (χ1) is 9.02. The van der Waals surface area contributed by atoms with E-state index >= 15 is 0 Å². The summed E-state index contributed by atoms with van der Waals surface area (Å²) in [5, 5.41) is 19.7. The van der Waals surface area contributed by atoms with Crippen LogP contribution in [0.1, 0.15) is 16.8 Å². The van der Waals surface area contributed by atoms with Gasteiger partial charge in [-0.3, -0.25) is 14.9 Å². The number of hydrogen-bond donors (Lipinski definition) is 1. The average molecular weight is 329 g/mol. The second-order valence-electron chi connectivity index (χ2n) is 4.51. The number of aliphatic hydroxyl groups is 1. The molecule has 1 aromatic carbocycles. The molecule has 102 valence electrons. The fourth-order valence-electron chi connectivity index (χ4n) is 2.13. The van der Waals surface area contributed by atoms with Crippen molar-refractivity contribution in [3.05, 3.63) is 38.3 Å². The third-order valence-electron chi connectivity index (χ3n) is 3.23. The maximum atomic E-state index is 12.3. The minimum absolute atomic E-state index is 0.0573. The average Bonchev–Trinajstić information content (AvgIpc) is 2.86. The van der Waals surface area contributed by atoms with Crippen LogP contribution in [0.4, 0.5) is 5.69 Å². The molecule has 1 aliphatic heterocycles. The van der Waals surface area contributed by atoms with Crippen molar-refractivity contribution in [2.45, 2.75) is 6.42 Å². The molecule has 1 N–H and O–H groups in total. The van der Waals surface area contributed by atoms with Gasteiger partial charge in [-0.2, -0.15) is 0 Å². The Hall–Kier alpha value is -1.47. The molecule has 7 heteroatoms. The highest BCUT2D eigenvalue weighted by molar-refractivity contribution is 9.10. The number of nitro groups is 1. The first kappa shape index (κ1) is 14.0. The second-order valence-corrected chi connectivity index (χ2v) is 5.36. The Kier molecular flexibility index (Phi) is 4.16. The van der Waals surface area contributed by atoms with Gasteiger partial charge in [-0.15, -0.1) is 0 Å². The summed E-state index contributed by atoms with van der Waals surface area (Å²) in [6, 6.07) is 4.10. The number of benzene rings is 1. The molecule has 19 heavy (non-hydrogen) atoms. The zero-order chi connectivity index (χ0) is 14.0. The largest absolute Gasteiger partial charge is 0.396 e. The fraction of sp³-hybridized carbons (Fsp3) is 0.417. The Bertz CT molecular complexity index is 520. The number of non-ortho nitro benzene ring substituents is 1. The first-order valence-electron chi connectivity index (χ1n) is 5.87. The molecule has 1 amide bonds. The highest BCUT2D eigenvalue weighted by Crippen LogP contribution is 2.26. The Morgan fingerprint density at radius 2 is 2.32 bits per heavy atom. The van der Waals surface area contributed by atoms with Crippen LogP contribution in [0, 0.1) is 16.0 Å². The molecular formula is C12H13BrN2O4. The fourth-order valence-corrected chi connectivity index (χ4v) is 2.66. The Morgan fingerprint density at radius 3 is 2.84 bits per heavy atom. The Labute approximate surface area is 118 Å². The third-order valence-corrected chi connectivity index (χ3v) is 3.88. The third kappa shape index (κ3) is 2.93. The smallest absolute Gasteiger partial charge is 0.270 e. The molecule has 1 fully saturated rings. The van der Waals surface area contributed by atoms with Gasteiger partial charge in [-0.05, 0) is 28.4 Å². The van der Waals surface area contributed by atoms with Gasteiger partial charge in [0.05, 0.1) is 10.5 Å². The maximum Gasteiger partial charge on any atom is 0.270 e. The maximum absolute atomic E-state index is 12.3. The second kappa shape index (κ2) is 5.66. The predicted molar refractivity (Wildman–Crippen MR) is 71.9 cm³/mol. The predicted octanol–water partition coefficient (Wildman–Crippen LogP) is 1.81. The van der Waals surface area contributed by atoms with E-state index in [1.807, 2.05) is 0 Å². The Balaban J connectivity index is 2.18. The van der Waals surface area contributed by atoms with Gasteiger partial charge in [-0.1, -0.05) is 0 Å². The molecule has 0 bridgehead atoms. The van der Waals surface area contributed by atoms with Crippen molar-refractivity contribution in [1.82, 2.24) is 4.90 Å². The van der Waals surface area contributed by atoms with Crippen LogP contribution in [0.5, 0.6) is 0 Å². The summed E-state index contributed by atoms with van der Waals surface area (Å²) >= 11 is 3.19. The molecule has 1 aliphatic rings. The lowest BCUT2D eigenvalue weighted by Crippen LogP contribution is -2.29. The minimum atomic E-state index is -0.503. The summed E-state index contributed by atoms with van der Waals surface area (Å²) in [7, 11) is 0. The number of carbonyl (C=O) groups excluding carboxylic acids is 1. The molecule has 2 rings (SSSR count). The van der Waals surface area contributed by atoms with E-state index in [9.17, 15) is 14.9 Å². The van der Waals surface area contributed by atoms with E-state index in [1.165, 1.54) is 18.2 Å². The van der Waals surface area contributed by atoms with E-state index < -0.39 is 4.92 Å². The molecular weight excluding hydrogens is 316 g/mol. The standard InChI is InChI=1S/C12H13BrN2O4/c13-11-5-9(15(18)19)1-2-10(11)12(17)14-4-3-8(6-14)7-16/h1-2,5,8,16H,3-4,6-7H2. The molecule has 6 nitrogen and oxygen atoms in total. The van der Waals surface area contributed by atoms with Crippen molar-refractivity contribution in [2.24, 2.45) is 5.92 Å². The molecule has 1 atom stereocenters. The van der Waals surface area contributed by atoms with Crippen molar-refractivity contribution in [3.8, 4) is 0 Å². The number of nitrogens with zero attached hydrogens (tertiary/aromatic N) is 2. The highest BCUT2D eigenvalue weighted by Gasteiger charge is 2.27. The minimum Gasteiger partial charge on any atom is -0.396 e. The van der Waals surface area contributed by atoms with E-state index in [4.69, 9.17) is 5.11 Å². The molecule has 1 aromatic rings. The number of aliphatic hydroxyl groups excluding tert-OH is 1. The van der Waals surface area contributed by atoms with Gasteiger partial charge in [0, 0.05) is 42.2 Å². The van der Waals surface area contributed by atoms with Gasteiger partial charge in [0.2, 0.25) is 0 Å². The first-order valence-corrected chi connectivity index (χ1v) is 6.66. The van der Waals surface area contributed by atoms with Crippen LogP contribution in [0.2, 0.25) is 0 Å². The zero-order valence-corrected chi connectivity index (χ0v) is 11.7. The lowest BCUT2D eigenvalue weighted by molar-refractivity contribution is -0.384. The van der Waals surface area contributed by atoms with E-state index in [-0.39, 0.29) is 24.1 Å². The van der Waals surface area contributed by atoms with Gasteiger partial charge >= 0.3 is 0 Å². The van der Waals surface area contributed by atoms with Gasteiger partial charge in [0.15, 0.2) is 0 Å². The van der Waals surface area contributed by atoms with E-state index in [0.717, 1.165) is 6.42 Å². The summed E-state index contributed by atoms with van der Waals surface area (Å²) < 4.78 is 0.416. The van der Waals surface area contributed by atoms with Gasteiger partial charge < -0.3 is 10.0 Å². The van der Waals surface area contributed by atoms with Crippen molar-refractivity contribution >= 4 is 27.5 Å². The van der Waals surface area contributed by atoms with Crippen LogP contribution in [0.15, 0.2) is 22.7 Å². The Morgan fingerprint density at radius 1 is 1.58 bits per heavy atom. The molecule has 1 saturated heterocycles. The lowest BCUT2D eigenvalue weighted by Gasteiger charge is -2.16. The topological polar surface area (TPSA) is 83.7 Å². The molecule has 0 aromatic heterocycles. The summed E-state index contributed by atoms with van der Waals surface area (Å²) in [4.78, 5) is 24.0. The molecule has 0 saturated carbocycles. The van der Waals surface area contributed by atoms with Crippen LogP contribution in [-0.2, 0) is 0 Å². The lowest BCUT2D eigenvalue weighted by atomic mass is 10.1. The number of carbonyl (C=O) groups is 1. The van der Waals surface area contributed by atoms with Crippen LogP contribution in [-0.4, -0.2) is 40.5 Å². The van der Waals surface area contributed by atoms with E-state index in [2.05, 4.69) is 15.9 Å². The SMILES string of the molecule is O=C(c1ccc([N+](=O)[O-])cc1Br)N1CCC(CO)C1. The highest BCUT2D eigenvalue weighted by atomic mass is 79.9. The summed E-state index contributed by atoms with van der Waals surface area (Å²) in [6.45, 7) is 1.21. The van der Waals surface area contributed by atoms with Gasteiger partial charge in [0.1, 0.15) is 0 Å². The number of likely N-dealkylation sites (tertiary alicyclic amines) is 1. The van der Waals surface area contributed by atoms with Crippen LogP contribution >= 0.6 is 15.9 Å². The molecule has 0 aliphatic carbocycles. The van der Waals surface area contributed by atoms with E-state index in [0.29, 0.717) is 23.1 Å². The number of halogens is 1. The van der Waals surface area contributed by atoms with Crippen molar-refractivity contribution in [3.63, 3.8) is 0 Å². The summed E-state index contributed by atoms with van der Waals surface area (Å²) in [5.41, 5.74) is 0.349. The molecule has 1 heterocycles. The van der Waals surface area contributed by atoms with Crippen LogP contribution in [0.25, 0.3) is 0 Å². The van der Waals surface area contributed by atoms with Crippen molar-refractivity contribution < 1.29 is 14.8 Å². The monoisotopic (exact) mass is 328 g/mol. The summed E-state index contributed by atoms with van der Waals surface area (Å²) in [5.74, 6) is -0.0431. The zero-order valence-electron chi connectivity index (χ0n) is 10.1. The number of hydrogen-bond acceptors (Lipinski definition) is 4. The quantitative estimate of drug-likeness (QED) is 0.677. The normalized spacial score (nSPS) is 18.6. The number of nitro benzene ring substituents is 1.